The maximum absolute atomic E-state index is 11.1. The summed E-state index contributed by atoms with van der Waals surface area (Å²) in [4.78, 5) is 18.0. The van der Waals surface area contributed by atoms with Gasteiger partial charge in [-0.3, -0.25) is 0 Å². The molecule has 0 aromatic heterocycles. The highest BCUT2D eigenvalue weighted by molar-refractivity contribution is 7.50. The molecule has 0 heterocycles. The molecule has 1 aromatic rings. The Hall–Kier alpha value is -2.08. The first-order valence-electron chi connectivity index (χ1n) is 6.99. The zero-order valence-corrected chi connectivity index (χ0v) is 13.1. The molecule has 0 fully saturated rings. The summed E-state index contributed by atoms with van der Waals surface area (Å²) >= 11 is 0. The molecule has 0 aliphatic heterocycles. The minimum Gasteiger partial charge on any atom is -0.511 e. The van der Waals surface area contributed by atoms with Gasteiger partial charge in [0.2, 0.25) is 0 Å². The van der Waals surface area contributed by atoms with Crippen molar-refractivity contribution in [3.63, 3.8) is 0 Å². The highest BCUT2D eigenvalue weighted by Crippen LogP contribution is 2.39. The molecule has 1 aromatic carbocycles. The van der Waals surface area contributed by atoms with Gasteiger partial charge in [-0.05, 0) is 37.0 Å². The molecule has 1 atom stereocenters. The zero-order valence-electron chi connectivity index (χ0n) is 12.2. The first-order chi connectivity index (χ1) is 10.7. The molecule has 0 radical (unpaired) electrons. The molecule has 2 rings (SSSR count). The minimum absolute atomic E-state index is 0.0402. The fourth-order valence-corrected chi connectivity index (χ4v) is 2.91. The summed E-state index contributed by atoms with van der Waals surface area (Å²) in [5.74, 6) is -0.971. The molecule has 0 saturated carbocycles. The second-order valence-electron chi connectivity index (χ2n) is 5.29. The van der Waals surface area contributed by atoms with Crippen molar-refractivity contribution in [2.45, 2.75) is 19.3 Å². The Morgan fingerprint density at radius 1 is 1.04 bits per heavy atom. The Morgan fingerprint density at radius 2 is 1.70 bits per heavy atom. The number of hydrogen-bond acceptors (Lipinski definition) is 4. The van der Waals surface area contributed by atoms with Crippen molar-refractivity contribution in [1.29, 1.82) is 0 Å². The van der Waals surface area contributed by atoms with E-state index >= 15 is 0 Å². The van der Waals surface area contributed by atoms with E-state index in [0.29, 0.717) is 19.3 Å². The molecule has 0 saturated heterocycles. The number of nitrogens with zero attached hydrogens (tertiary/aromatic N) is 1. The quantitative estimate of drug-likeness (QED) is 0.524. The van der Waals surface area contributed by atoms with Gasteiger partial charge >= 0.3 is 7.75 Å². The van der Waals surface area contributed by atoms with Crippen LogP contribution >= 0.6 is 7.75 Å². The number of aliphatic hydroxyl groups is 2. The molecule has 0 spiro atoms. The van der Waals surface area contributed by atoms with Crippen LogP contribution in [-0.2, 0) is 11.0 Å². The Balaban J connectivity index is 2.06. The van der Waals surface area contributed by atoms with Crippen molar-refractivity contribution >= 4 is 13.5 Å². The van der Waals surface area contributed by atoms with Crippen LogP contribution in [0, 0.1) is 5.92 Å². The van der Waals surface area contributed by atoms with Crippen molar-refractivity contribution in [2.24, 2.45) is 10.7 Å². The summed E-state index contributed by atoms with van der Waals surface area (Å²) in [7, 11) is -4.65. The van der Waals surface area contributed by atoms with Crippen molar-refractivity contribution in [2.75, 3.05) is 0 Å². The van der Waals surface area contributed by atoms with Gasteiger partial charge in [-0.25, -0.2) is 4.57 Å². The van der Waals surface area contributed by atoms with Gasteiger partial charge in [-0.1, -0.05) is 12.1 Å². The second kappa shape index (κ2) is 7.00. The van der Waals surface area contributed by atoms with E-state index in [2.05, 4.69) is 4.76 Å². The molecule has 0 bridgehead atoms. The number of benzene rings is 1. The zero-order chi connectivity index (χ0) is 17.0. The normalized spacial score (nSPS) is 20.3. The van der Waals surface area contributed by atoms with Crippen molar-refractivity contribution in [3.8, 4) is 5.75 Å². The lowest BCUT2D eigenvalue weighted by atomic mass is 9.90. The Bertz CT molecular complexity index is 701. The molecule has 1 aliphatic carbocycles. The summed E-state index contributed by atoms with van der Waals surface area (Å²) in [6, 6.07) is 6.72. The fraction of sp³-hybridized carbons (Fsp3) is 0.267. The number of hydrogen-bond donors (Lipinski definition) is 5. The third-order valence-corrected chi connectivity index (χ3v) is 3.94. The van der Waals surface area contributed by atoms with Gasteiger partial charge in [0, 0.05) is 12.2 Å². The van der Waals surface area contributed by atoms with E-state index < -0.39 is 13.7 Å². The highest BCUT2D eigenvalue weighted by Gasteiger charge is 2.26. The maximum atomic E-state index is 11.1. The lowest BCUT2D eigenvalue weighted by Crippen LogP contribution is -2.19. The number of aromatic hydroxyl groups is 1. The molecular formula is C15H18NO6P. The average molecular weight is 339 g/mol. The summed E-state index contributed by atoms with van der Waals surface area (Å²) < 4.78 is 14.4. The van der Waals surface area contributed by atoms with E-state index in [1.807, 2.05) is 0 Å². The molecule has 7 nitrogen and oxygen atoms in total. The first-order valence-corrected chi connectivity index (χ1v) is 8.56. The van der Waals surface area contributed by atoms with Gasteiger partial charge in [-0.2, -0.15) is 4.76 Å². The number of phenolic OH excluding ortho intramolecular Hbond substituents is 1. The van der Waals surface area contributed by atoms with Crippen LogP contribution in [0.4, 0.5) is 0 Å². The molecular weight excluding hydrogens is 321 g/mol. The third-order valence-electron chi connectivity index (χ3n) is 3.45. The van der Waals surface area contributed by atoms with Crippen molar-refractivity contribution < 1.29 is 29.7 Å². The highest BCUT2D eigenvalue weighted by atomic mass is 31.2. The van der Waals surface area contributed by atoms with E-state index in [9.17, 15) is 19.9 Å². The van der Waals surface area contributed by atoms with Crippen LogP contribution in [0.3, 0.4) is 0 Å². The van der Waals surface area contributed by atoms with Gasteiger partial charge in [0.1, 0.15) is 17.3 Å². The van der Waals surface area contributed by atoms with Crippen molar-refractivity contribution in [3.05, 3.63) is 53.5 Å². The lowest BCUT2D eigenvalue weighted by Gasteiger charge is -2.20. The van der Waals surface area contributed by atoms with E-state index in [1.54, 1.807) is 24.3 Å². The van der Waals surface area contributed by atoms with E-state index in [1.165, 1.54) is 0 Å². The van der Waals surface area contributed by atoms with Gasteiger partial charge in [0.25, 0.3) is 0 Å². The van der Waals surface area contributed by atoms with E-state index in [-0.39, 0.29) is 23.0 Å². The molecule has 124 valence electrons. The average Bonchev–Trinajstić information content (AvgIpc) is 2.42. The van der Waals surface area contributed by atoms with E-state index in [0.717, 1.165) is 17.7 Å². The summed E-state index contributed by atoms with van der Waals surface area (Å²) in [6.45, 7) is 0. The molecule has 1 unspecified atom stereocenters. The number of rotatable bonds is 5. The number of allylic oxidation sites excluding steroid dienone is 3. The molecule has 23 heavy (non-hydrogen) atoms. The Morgan fingerprint density at radius 3 is 2.30 bits per heavy atom. The maximum Gasteiger partial charge on any atom is 0.448 e. The number of phenols is 1. The summed E-state index contributed by atoms with van der Waals surface area (Å²) in [6.07, 6.45) is 3.99. The van der Waals surface area contributed by atoms with Crippen LogP contribution in [0.25, 0.3) is 0 Å². The smallest absolute Gasteiger partial charge is 0.448 e. The number of aryl methyl sites for hydroxylation is 1. The summed E-state index contributed by atoms with van der Waals surface area (Å²) in [5, 5.41) is 28.6. The monoisotopic (exact) mass is 339 g/mol. The predicted molar refractivity (Wildman–Crippen MR) is 85.4 cm³/mol. The topological polar surface area (TPSA) is 131 Å². The molecule has 1 aliphatic rings. The van der Waals surface area contributed by atoms with Crippen LogP contribution in [-0.4, -0.2) is 30.8 Å². The van der Waals surface area contributed by atoms with Crippen LogP contribution in [0.5, 0.6) is 5.75 Å². The van der Waals surface area contributed by atoms with Crippen LogP contribution in [0.1, 0.15) is 18.4 Å². The predicted octanol–water partition coefficient (Wildman–Crippen LogP) is 2.76. The largest absolute Gasteiger partial charge is 0.511 e. The standard InChI is InChI=1S/C15H18NO6P/c17-11-6-4-10(5-7-11)2-1-3-13-14(16-23(20,21)22)8-12(18)9-15(13)19/h4-9,13,17-19H,1-3H2,(H2,20,21,22)/b16-14+. The second-order valence-corrected chi connectivity index (χ2v) is 6.51. The number of aliphatic hydroxyl groups excluding tert-OH is 2. The van der Waals surface area contributed by atoms with Gasteiger partial charge in [-0.15, -0.1) is 0 Å². The molecule has 5 N–H and O–H groups in total. The minimum atomic E-state index is -4.65. The third kappa shape index (κ3) is 5.25. The summed E-state index contributed by atoms with van der Waals surface area (Å²) in [5.41, 5.74) is 0.954. The SMILES string of the molecule is O=P(O)(O)/N=C1\C=C(O)C=C(O)C1CCCc1ccc(O)cc1. The fourth-order valence-electron chi connectivity index (χ4n) is 2.42. The van der Waals surface area contributed by atoms with Crippen LogP contribution in [0.15, 0.2) is 52.7 Å². The lowest BCUT2D eigenvalue weighted by molar-refractivity contribution is 0.340. The Labute approximate surface area is 133 Å². The molecule has 8 heteroatoms. The van der Waals surface area contributed by atoms with Gasteiger partial charge in [0.15, 0.2) is 0 Å². The van der Waals surface area contributed by atoms with Crippen LogP contribution in [0.2, 0.25) is 0 Å². The first kappa shape index (κ1) is 17.3. The van der Waals surface area contributed by atoms with Gasteiger partial charge < -0.3 is 25.1 Å². The van der Waals surface area contributed by atoms with E-state index in [4.69, 9.17) is 9.79 Å². The molecule has 0 amide bonds. The van der Waals surface area contributed by atoms with Gasteiger partial charge in [0.05, 0.1) is 11.6 Å². The Kier molecular flexibility index (Phi) is 5.26. The van der Waals surface area contributed by atoms with Crippen molar-refractivity contribution in [1.82, 2.24) is 0 Å². The van der Waals surface area contributed by atoms with Crippen LogP contribution < -0.4 is 0 Å².